The molecule has 0 aliphatic heterocycles. The van der Waals surface area contributed by atoms with Gasteiger partial charge in [0.15, 0.2) is 0 Å². The van der Waals surface area contributed by atoms with Gasteiger partial charge in [0.25, 0.3) is 0 Å². The van der Waals surface area contributed by atoms with Crippen molar-refractivity contribution in [3.05, 3.63) is 82.8 Å². The van der Waals surface area contributed by atoms with Crippen LogP contribution >= 0.6 is 0 Å². The molecule has 0 atom stereocenters. The molecule has 1 fully saturated rings. The largest absolute Gasteiger partial charge is 0.489 e. The van der Waals surface area contributed by atoms with E-state index in [2.05, 4.69) is 4.98 Å². The van der Waals surface area contributed by atoms with Gasteiger partial charge < -0.3 is 10.5 Å². The number of hydrogen-bond donors (Lipinski definition) is 1. The molecule has 1 amide bonds. The van der Waals surface area contributed by atoms with E-state index in [1.807, 2.05) is 37.3 Å². The second-order valence-corrected chi connectivity index (χ2v) is 7.23. The number of nitrogens with two attached hydrogens (primary N) is 1. The van der Waals surface area contributed by atoms with Crippen molar-refractivity contribution in [3.63, 3.8) is 0 Å². The molecular formula is C23H21FN2O2. The van der Waals surface area contributed by atoms with Gasteiger partial charge >= 0.3 is 0 Å². The number of benzene rings is 2. The number of halogens is 1. The van der Waals surface area contributed by atoms with Crippen molar-refractivity contribution in [2.24, 2.45) is 5.73 Å². The molecule has 2 aromatic carbocycles. The van der Waals surface area contributed by atoms with Gasteiger partial charge in [-0.3, -0.25) is 9.78 Å². The van der Waals surface area contributed by atoms with Crippen molar-refractivity contribution in [2.45, 2.75) is 32.3 Å². The maximum Gasteiger partial charge on any atom is 0.248 e. The van der Waals surface area contributed by atoms with Gasteiger partial charge in [0.1, 0.15) is 18.2 Å². The minimum atomic E-state index is -0.445. The highest BCUT2D eigenvalue weighted by atomic mass is 19.1. The number of aromatic nitrogens is 1. The van der Waals surface area contributed by atoms with E-state index in [0.717, 1.165) is 40.8 Å². The maximum atomic E-state index is 13.8. The lowest BCUT2D eigenvalue weighted by molar-refractivity contribution is 0.0999. The van der Waals surface area contributed by atoms with E-state index in [0.29, 0.717) is 23.8 Å². The summed E-state index contributed by atoms with van der Waals surface area (Å²) in [5, 5.41) is 0. The Kier molecular flexibility index (Phi) is 4.82. The van der Waals surface area contributed by atoms with Crippen LogP contribution in [0.25, 0.3) is 11.3 Å². The molecule has 0 bridgehead atoms. The zero-order valence-corrected chi connectivity index (χ0v) is 15.6. The summed E-state index contributed by atoms with van der Waals surface area (Å²) in [6.45, 7) is 2.17. The monoisotopic (exact) mass is 376 g/mol. The Morgan fingerprint density at radius 1 is 1.18 bits per heavy atom. The Morgan fingerprint density at radius 2 is 2.00 bits per heavy atom. The van der Waals surface area contributed by atoms with Crippen molar-refractivity contribution in [2.75, 3.05) is 0 Å². The van der Waals surface area contributed by atoms with E-state index in [4.69, 9.17) is 10.5 Å². The fourth-order valence-electron chi connectivity index (χ4n) is 3.31. The number of nitrogens with zero attached hydrogens (tertiary/aromatic N) is 1. The van der Waals surface area contributed by atoms with Crippen LogP contribution < -0.4 is 10.5 Å². The van der Waals surface area contributed by atoms with Crippen LogP contribution in [0.15, 0.2) is 54.7 Å². The number of carbonyl (C=O) groups is 1. The smallest absolute Gasteiger partial charge is 0.248 e. The number of amides is 1. The first-order chi connectivity index (χ1) is 13.5. The van der Waals surface area contributed by atoms with E-state index in [-0.39, 0.29) is 5.82 Å². The number of hydrogen-bond acceptors (Lipinski definition) is 3. The molecule has 0 saturated heterocycles. The van der Waals surface area contributed by atoms with Crippen molar-refractivity contribution in [1.29, 1.82) is 0 Å². The average molecular weight is 376 g/mol. The highest BCUT2D eigenvalue weighted by Gasteiger charge is 2.24. The summed E-state index contributed by atoms with van der Waals surface area (Å²) in [4.78, 5) is 15.8. The average Bonchev–Trinajstić information content (AvgIpc) is 3.51. The molecule has 4 nitrogen and oxygen atoms in total. The highest BCUT2D eigenvalue weighted by molar-refractivity contribution is 5.94. The minimum absolute atomic E-state index is 0.264. The predicted octanol–water partition coefficient (Wildman–Crippen LogP) is 4.75. The number of primary amides is 1. The van der Waals surface area contributed by atoms with Crippen LogP contribution in [-0.4, -0.2) is 10.9 Å². The van der Waals surface area contributed by atoms with Crippen LogP contribution in [0.3, 0.4) is 0 Å². The number of carbonyl (C=O) groups excluding carboxylic acids is 1. The quantitative estimate of drug-likeness (QED) is 0.675. The third-order valence-electron chi connectivity index (χ3n) is 4.96. The Hall–Kier alpha value is -3.21. The molecule has 142 valence electrons. The third kappa shape index (κ3) is 4.03. The first kappa shape index (κ1) is 18.2. The summed E-state index contributed by atoms with van der Waals surface area (Å²) >= 11 is 0. The summed E-state index contributed by atoms with van der Waals surface area (Å²) in [5.41, 5.74) is 10.3. The van der Waals surface area contributed by atoms with E-state index < -0.39 is 5.91 Å². The van der Waals surface area contributed by atoms with Gasteiger partial charge in [-0.1, -0.05) is 6.07 Å². The molecule has 0 unspecified atom stereocenters. The summed E-state index contributed by atoms with van der Waals surface area (Å²) < 4.78 is 19.7. The zero-order valence-electron chi connectivity index (χ0n) is 15.6. The lowest BCUT2D eigenvalue weighted by Gasteiger charge is -2.10. The van der Waals surface area contributed by atoms with Crippen molar-refractivity contribution in [3.8, 4) is 17.0 Å². The topological polar surface area (TPSA) is 65.2 Å². The second kappa shape index (κ2) is 7.43. The fraction of sp³-hybridized carbons (Fsp3) is 0.217. The zero-order chi connectivity index (χ0) is 19.7. The summed E-state index contributed by atoms with van der Waals surface area (Å²) in [6.07, 6.45) is 3.95. The number of rotatable bonds is 6. The van der Waals surface area contributed by atoms with Crippen molar-refractivity contribution in [1.82, 2.24) is 4.98 Å². The third-order valence-corrected chi connectivity index (χ3v) is 4.96. The normalized spacial score (nSPS) is 13.4. The lowest BCUT2D eigenvalue weighted by atomic mass is 10.0. The molecule has 0 radical (unpaired) electrons. The van der Waals surface area contributed by atoms with Crippen LogP contribution in [0.1, 0.15) is 45.8 Å². The van der Waals surface area contributed by atoms with E-state index >= 15 is 0 Å². The van der Waals surface area contributed by atoms with Crippen molar-refractivity contribution < 1.29 is 13.9 Å². The summed E-state index contributed by atoms with van der Waals surface area (Å²) in [6, 6.07) is 14.2. The minimum Gasteiger partial charge on any atom is -0.489 e. The Balaban J connectivity index is 1.51. The van der Waals surface area contributed by atoms with Crippen LogP contribution in [-0.2, 0) is 6.61 Å². The van der Waals surface area contributed by atoms with Gasteiger partial charge in [0, 0.05) is 23.4 Å². The Labute approximate surface area is 163 Å². The first-order valence-corrected chi connectivity index (χ1v) is 9.28. The van der Waals surface area contributed by atoms with Gasteiger partial charge in [-0.2, -0.15) is 0 Å². The molecular weight excluding hydrogens is 355 g/mol. The molecule has 1 heterocycles. The van der Waals surface area contributed by atoms with Gasteiger partial charge in [-0.15, -0.1) is 0 Å². The lowest BCUT2D eigenvalue weighted by Crippen LogP contribution is -2.12. The standard InChI is InChI=1S/C23H21FN2O2/c1-14-8-17(4-5-21(14)23(25)27)22-9-15(6-7-26-22)13-28-20-11-18(16-2-3-16)10-19(24)12-20/h4-12,16H,2-3,13H2,1H3,(H2,25,27). The molecule has 4 rings (SSSR count). The van der Waals surface area contributed by atoms with Gasteiger partial charge in [-0.05, 0) is 78.8 Å². The van der Waals surface area contributed by atoms with Crippen LogP contribution in [0.5, 0.6) is 5.75 Å². The van der Waals surface area contributed by atoms with Gasteiger partial charge in [0.2, 0.25) is 5.91 Å². The molecule has 2 N–H and O–H groups in total. The molecule has 5 heteroatoms. The molecule has 3 aromatic rings. The summed E-state index contributed by atoms with van der Waals surface area (Å²) in [5.74, 6) is 0.304. The van der Waals surface area contributed by atoms with E-state index in [1.54, 1.807) is 18.3 Å². The second-order valence-electron chi connectivity index (χ2n) is 7.23. The number of pyridine rings is 1. The molecule has 1 saturated carbocycles. The number of ether oxygens (including phenoxy) is 1. The molecule has 28 heavy (non-hydrogen) atoms. The van der Waals surface area contributed by atoms with E-state index in [1.165, 1.54) is 6.07 Å². The highest BCUT2D eigenvalue weighted by Crippen LogP contribution is 2.41. The molecule has 1 aromatic heterocycles. The van der Waals surface area contributed by atoms with Crippen LogP contribution in [0.4, 0.5) is 4.39 Å². The Bertz CT molecular complexity index is 1040. The molecule has 1 aliphatic rings. The van der Waals surface area contributed by atoms with Crippen LogP contribution in [0.2, 0.25) is 0 Å². The van der Waals surface area contributed by atoms with Crippen LogP contribution in [0, 0.1) is 12.7 Å². The fourth-order valence-corrected chi connectivity index (χ4v) is 3.31. The molecule has 1 aliphatic carbocycles. The van der Waals surface area contributed by atoms with E-state index in [9.17, 15) is 9.18 Å². The molecule has 0 spiro atoms. The predicted molar refractivity (Wildman–Crippen MR) is 106 cm³/mol. The van der Waals surface area contributed by atoms with Gasteiger partial charge in [0.05, 0.1) is 5.69 Å². The van der Waals surface area contributed by atoms with Crippen molar-refractivity contribution >= 4 is 5.91 Å². The first-order valence-electron chi connectivity index (χ1n) is 9.28. The SMILES string of the molecule is Cc1cc(-c2cc(COc3cc(F)cc(C4CC4)c3)ccn2)ccc1C(N)=O. The number of aryl methyl sites for hydroxylation is 1. The Morgan fingerprint density at radius 3 is 2.71 bits per heavy atom. The van der Waals surface area contributed by atoms with Gasteiger partial charge in [-0.25, -0.2) is 4.39 Å². The summed E-state index contributed by atoms with van der Waals surface area (Å²) in [7, 11) is 0. The maximum absolute atomic E-state index is 13.8.